The van der Waals surface area contributed by atoms with Crippen molar-refractivity contribution in [2.75, 3.05) is 11.1 Å². The number of aromatic nitrogens is 7. The lowest BCUT2D eigenvalue weighted by Crippen LogP contribution is -2.07. The maximum absolute atomic E-state index is 5.97. The zero-order valence-electron chi connectivity index (χ0n) is 17.1. The van der Waals surface area contributed by atoms with E-state index in [0.29, 0.717) is 40.3 Å². The fraction of sp³-hybridized carbons (Fsp3) is 0.136. The van der Waals surface area contributed by atoms with Crippen LogP contribution in [0.5, 0.6) is 0 Å². The Balaban J connectivity index is 1.54. The smallest absolute Gasteiger partial charge is 0.162 e. The van der Waals surface area contributed by atoms with Crippen molar-refractivity contribution in [3.05, 3.63) is 78.4 Å². The van der Waals surface area contributed by atoms with E-state index in [1.54, 1.807) is 23.7 Å². The quantitative estimate of drug-likeness (QED) is 0.454. The average molecular weight is 411 g/mol. The molecule has 0 bridgehead atoms. The van der Waals surface area contributed by atoms with Crippen LogP contribution in [-0.4, -0.2) is 34.3 Å². The summed E-state index contributed by atoms with van der Waals surface area (Å²) in [6.07, 6.45) is 3.65. The van der Waals surface area contributed by atoms with Crippen molar-refractivity contribution in [3.8, 4) is 11.4 Å². The van der Waals surface area contributed by atoms with Crippen LogP contribution < -0.4 is 11.1 Å². The van der Waals surface area contributed by atoms with E-state index >= 15 is 0 Å². The average Bonchev–Trinajstić information content (AvgIpc) is 3.37. The molecule has 0 amide bonds. The van der Waals surface area contributed by atoms with Gasteiger partial charge in [-0.05, 0) is 31.5 Å². The maximum atomic E-state index is 5.97. The molecule has 4 aromatic heterocycles. The monoisotopic (exact) mass is 411 g/mol. The van der Waals surface area contributed by atoms with E-state index in [2.05, 4.69) is 39.4 Å². The van der Waals surface area contributed by atoms with E-state index in [1.165, 1.54) is 5.56 Å². The van der Waals surface area contributed by atoms with Gasteiger partial charge in [0.15, 0.2) is 17.3 Å². The minimum atomic E-state index is 0.100. The van der Waals surface area contributed by atoms with Crippen molar-refractivity contribution in [1.29, 1.82) is 0 Å². The molecule has 0 aliphatic heterocycles. The van der Waals surface area contributed by atoms with Crippen molar-refractivity contribution >= 4 is 23.1 Å². The molecule has 5 rings (SSSR count). The molecule has 154 valence electrons. The highest BCUT2D eigenvalue weighted by Crippen LogP contribution is 2.30. The summed E-state index contributed by atoms with van der Waals surface area (Å²) in [6.45, 7) is 3.91. The van der Waals surface area contributed by atoms with Crippen molar-refractivity contribution in [2.24, 2.45) is 0 Å². The SMILES string of the molecule is Cc1nc(N)cc(-c2c(Nc3ccn(C(C)c4ccccc4)n3)nc3cccnn23)n1. The summed E-state index contributed by atoms with van der Waals surface area (Å²) < 4.78 is 3.64. The number of imidazole rings is 1. The number of fused-ring (bicyclic) bond motifs is 1. The predicted molar refractivity (Wildman–Crippen MR) is 119 cm³/mol. The van der Waals surface area contributed by atoms with Crippen LogP contribution in [0.15, 0.2) is 67.0 Å². The first kappa shape index (κ1) is 18.7. The molecule has 31 heavy (non-hydrogen) atoms. The van der Waals surface area contributed by atoms with Crippen LogP contribution in [-0.2, 0) is 0 Å². The van der Waals surface area contributed by atoms with Crippen LogP contribution in [0.3, 0.4) is 0 Å². The highest BCUT2D eigenvalue weighted by atomic mass is 15.3. The summed E-state index contributed by atoms with van der Waals surface area (Å²) in [7, 11) is 0. The Morgan fingerprint density at radius 3 is 2.65 bits per heavy atom. The normalized spacial score (nSPS) is 12.2. The maximum Gasteiger partial charge on any atom is 0.162 e. The zero-order chi connectivity index (χ0) is 21.4. The molecule has 0 fully saturated rings. The fourth-order valence-electron chi connectivity index (χ4n) is 3.54. The summed E-state index contributed by atoms with van der Waals surface area (Å²) in [5.41, 5.74) is 9.16. The highest BCUT2D eigenvalue weighted by molar-refractivity contribution is 5.77. The van der Waals surface area contributed by atoms with Crippen LogP contribution >= 0.6 is 0 Å². The van der Waals surface area contributed by atoms with Crippen LogP contribution in [0.2, 0.25) is 0 Å². The number of nitrogen functional groups attached to an aromatic ring is 1. The van der Waals surface area contributed by atoms with Crippen molar-refractivity contribution in [2.45, 2.75) is 19.9 Å². The Hall–Kier alpha value is -4.27. The minimum Gasteiger partial charge on any atom is -0.384 e. The number of benzene rings is 1. The van der Waals surface area contributed by atoms with Gasteiger partial charge in [0.25, 0.3) is 0 Å². The second-order valence-electron chi connectivity index (χ2n) is 7.22. The number of nitrogens with two attached hydrogens (primary N) is 1. The zero-order valence-corrected chi connectivity index (χ0v) is 17.1. The second kappa shape index (κ2) is 7.52. The van der Waals surface area contributed by atoms with Crippen molar-refractivity contribution < 1.29 is 0 Å². The Morgan fingerprint density at radius 1 is 1.00 bits per heavy atom. The lowest BCUT2D eigenvalue weighted by molar-refractivity contribution is 0.566. The van der Waals surface area contributed by atoms with E-state index in [0.717, 1.165) is 0 Å². The minimum absolute atomic E-state index is 0.100. The number of hydrogen-bond donors (Lipinski definition) is 2. The van der Waals surface area contributed by atoms with Gasteiger partial charge in [-0.15, -0.1) is 0 Å². The Morgan fingerprint density at radius 2 is 1.84 bits per heavy atom. The lowest BCUT2D eigenvalue weighted by atomic mass is 10.1. The topological polar surface area (TPSA) is 112 Å². The lowest BCUT2D eigenvalue weighted by Gasteiger charge is -2.12. The van der Waals surface area contributed by atoms with Gasteiger partial charge in [0.05, 0.1) is 11.7 Å². The molecular formula is C22H21N9. The summed E-state index contributed by atoms with van der Waals surface area (Å²) in [5, 5.41) is 12.5. The van der Waals surface area contributed by atoms with Crippen molar-refractivity contribution in [3.63, 3.8) is 0 Å². The molecule has 3 N–H and O–H groups in total. The molecule has 1 unspecified atom stereocenters. The Kier molecular flexibility index (Phi) is 4.55. The van der Waals surface area contributed by atoms with Gasteiger partial charge in [0.1, 0.15) is 17.3 Å². The highest BCUT2D eigenvalue weighted by Gasteiger charge is 2.19. The van der Waals surface area contributed by atoms with Gasteiger partial charge in [-0.25, -0.2) is 19.5 Å². The molecule has 9 heteroatoms. The van der Waals surface area contributed by atoms with E-state index in [1.807, 2.05) is 47.3 Å². The second-order valence-corrected chi connectivity index (χ2v) is 7.22. The van der Waals surface area contributed by atoms with Gasteiger partial charge >= 0.3 is 0 Å². The summed E-state index contributed by atoms with van der Waals surface area (Å²) in [4.78, 5) is 13.4. The first-order chi connectivity index (χ1) is 15.1. The Labute approximate surface area is 178 Å². The van der Waals surface area contributed by atoms with Crippen LogP contribution in [0.25, 0.3) is 17.0 Å². The summed E-state index contributed by atoms with van der Waals surface area (Å²) in [6, 6.07) is 17.7. The molecule has 1 atom stereocenters. The molecule has 0 saturated carbocycles. The number of nitrogens with one attached hydrogen (secondary N) is 1. The summed E-state index contributed by atoms with van der Waals surface area (Å²) >= 11 is 0. The van der Waals surface area contributed by atoms with Gasteiger partial charge in [-0.1, -0.05) is 30.3 Å². The van der Waals surface area contributed by atoms with E-state index in [4.69, 9.17) is 15.8 Å². The number of aryl methyl sites for hydroxylation is 1. The standard InChI is InChI=1S/C22H21N9/c1-14(16-7-4-3-5-8-16)30-12-10-19(29-30)27-22-21(17-13-18(23)26-15(2)25-17)31-20(28-22)9-6-11-24-31/h3-14H,1-2H3,(H,27,29)(H2,23,25,26). The largest absolute Gasteiger partial charge is 0.384 e. The molecule has 4 heterocycles. The molecule has 5 aromatic rings. The third-order valence-corrected chi connectivity index (χ3v) is 5.03. The van der Waals surface area contributed by atoms with E-state index in [-0.39, 0.29) is 6.04 Å². The first-order valence-electron chi connectivity index (χ1n) is 9.91. The predicted octanol–water partition coefficient (Wildman–Crippen LogP) is 3.63. The molecule has 0 aliphatic carbocycles. The van der Waals surface area contributed by atoms with Gasteiger partial charge in [-0.2, -0.15) is 10.2 Å². The van der Waals surface area contributed by atoms with Gasteiger partial charge < -0.3 is 11.1 Å². The van der Waals surface area contributed by atoms with E-state index in [9.17, 15) is 0 Å². The Bertz CT molecular complexity index is 1330. The number of nitrogens with zero attached hydrogens (tertiary/aromatic N) is 7. The van der Waals surface area contributed by atoms with E-state index < -0.39 is 0 Å². The number of hydrogen-bond acceptors (Lipinski definition) is 7. The van der Waals surface area contributed by atoms with Gasteiger partial charge in [0.2, 0.25) is 0 Å². The molecular weight excluding hydrogens is 390 g/mol. The molecule has 0 spiro atoms. The summed E-state index contributed by atoms with van der Waals surface area (Å²) in [5.74, 6) is 2.23. The van der Waals surface area contributed by atoms with Gasteiger partial charge in [0, 0.05) is 24.5 Å². The van der Waals surface area contributed by atoms with Crippen LogP contribution in [0.1, 0.15) is 24.4 Å². The van der Waals surface area contributed by atoms with Crippen LogP contribution in [0, 0.1) is 6.92 Å². The number of rotatable bonds is 5. The van der Waals surface area contributed by atoms with Crippen LogP contribution in [0.4, 0.5) is 17.5 Å². The third kappa shape index (κ3) is 3.57. The molecule has 0 saturated heterocycles. The first-order valence-corrected chi connectivity index (χ1v) is 9.91. The third-order valence-electron chi connectivity index (χ3n) is 5.03. The molecule has 1 aromatic carbocycles. The molecule has 0 aliphatic rings. The fourth-order valence-corrected chi connectivity index (χ4v) is 3.54. The van der Waals surface area contributed by atoms with Gasteiger partial charge in [-0.3, -0.25) is 4.68 Å². The molecule has 0 radical (unpaired) electrons. The number of anilines is 3. The van der Waals surface area contributed by atoms with Crippen molar-refractivity contribution in [1.82, 2.24) is 34.3 Å². The molecule has 9 nitrogen and oxygen atoms in total.